The normalized spacial score (nSPS) is 18.6. The fourth-order valence-electron chi connectivity index (χ4n) is 1.06. The third-order valence-electron chi connectivity index (χ3n) is 1.95. The number of hydrogen-bond acceptors (Lipinski definition) is 4. The molecule has 0 amide bonds. The predicted octanol–water partition coefficient (Wildman–Crippen LogP) is 2.13. The Hall–Kier alpha value is -1.14. The molecule has 1 aliphatic rings. The Balaban J connectivity index is 2.12. The molecule has 0 bridgehead atoms. The Kier molecular flexibility index (Phi) is 2.88. The fourth-order valence-corrected chi connectivity index (χ4v) is 1.42. The van der Waals surface area contributed by atoms with Crippen molar-refractivity contribution >= 4 is 21.6 Å². The summed E-state index contributed by atoms with van der Waals surface area (Å²) in [6.07, 6.45) is 0.135. The number of nitrogens with zero attached hydrogens (tertiary/aromatic N) is 1. The Morgan fingerprint density at radius 2 is 2.40 bits per heavy atom. The highest BCUT2D eigenvalue weighted by Gasteiger charge is 2.23. The second-order valence-corrected chi connectivity index (χ2v) is 3.99. The van der Waals surface area contributed by atoms with E-state index in [1.54, 1.807) is 6.07 Å². The molecule has 1 aromatic rings. The van der Waals surface area contributed by atoms with Gasteiger partial charge in [-0.05, 0) is 22.0 Å². The van der Waals surface area contributed by atoms with E-state index in [1.807, 2.05) is 0 Å². The molecule has 1 atom stereocenters. The molecule has 0 radical (unpaired) electrons. The monoisotopic (exact) mass is 273 g/mol. The zero-order valence-corrected chi connectivity index (χ0v) is 9.27. The number of non-ortho nitro benzene ring substituents is 1. The molecule has 1 fully saturated rings. The van der Waals surface area contributed by atoms with E-state index in [0.29, 0.717) is 23.4 Å². The predicted molar refractivity (Wildman–Crippen MR) is 56.0 cm³/mol. The quantitative estimate of drug-likeness (QED) is 0.479. The number of benzene rings is 1. The summed E-state index contributed by atoms with van der Waals surface area (Å²) in [5.41, 5.74) is 0.0184. The van der Waals surface area contributed by atoms with Gasteiger partial charge in [-0.15, -0.1) is 0 Å². The molecule has 80 valence electrons. The second-order valence-electron chi connectivity index (χ2n) is 3.14. The van der Waals surface area contributed by atoms with Crippen molar-refractivity contribution in [2.24, 2.45) is 0 Å². The maximum Gasteiger partial charge on any atom is 0.273 e. The van der Waals surface area contributed by atoms with Crippen LogP contribution in [0.4, 0.5) is 5.69 Å². The molecule has 6 heteroatoms. The van der Waals surface area contributed by atoms with Crippen molar-refractivity contribution in [3.63, 3.8) is 0 Å². The van der Waals surface area contributed by atoms with Crippen molar-refractivity contribution in [1.82, 2.24) is 0 Å². The van der Waals surface area contributed by atoms with E-state index < -0.39 is 4.92 Å². The number of nitro benzene ring substituents is 1. The first-order chi connectivity index (χ1) is 7.16. The summed E-state index contributed by atoms with van der Waals surface area (Å²) >= 11 is 3.26. The molecule has 0 spiro atoms. The van der Waals surface area contributed by atoms with Gasteiger partial charge in [0, 0.05) is 6.07 Å². The topological polar surface area (TPSA) is 64.9 Å². The molecule has 5 nitrogen and oxygen atoms in total. The lowest BCUT2D eigenvalue weighted by atomic mass is 10.3. The summed E-state index contributed by atoms with van der Waals surface area (Å²) in [6.45, 7) is 1.13. The maximum atomic E-state index is 10.5. The van der Waals surface area contributed by atoms with Crippen LogP contribution in [0.1, 0.15) is 0 Å². The molecular weight excluding hydrogens is 266 g/mol. The Morgan fingerprint density at radius 3 is 3.00 bits per heavy atom. The minimum atomic E-state index is -0.451. The molecule has 15 heavy (non-hydrogen) atoms. The zero-order valence-electron chi connectivity index (χ0n) is 7.68. The van der Waals surface area contributed by atoms with Crippen LogP contribution in [0, 0.1) is 10.1 Å². The molecule has 1 aromatic carbocycles. The average Bonchev–Trinajstić information content (AvgIpc) is 3.00. The number of ether oxygens (including phenoxy) is 2. The molecule has 1 aliphatic heterocycles. The summed E-state index contributed by atoms with van der Waals surface area (Å²) in [5.74, 6) is 0.472. The van der Waals surface area contributed by atoms with Gasteiger partial charge >= 0.3 is 0 Å². The Morgan fingerprint density at radius 1 is 1.67 bits per heavy atom. The first kappa shape index (κ1) is 10.4. The van der Waals surface area contributed by atoms with E-state index in [9.17, 15) is 10.1 Å². The van der Waals surface area contributed by atoms with Crippen LogP contribution in [-0.4, -0.2) is 24.2 Å². The first-order valence-electron chi connectivity index (χ1n) is 4.35. The van der Waals surface area contributed by atoms with Gasteiger partial charge in [-0.25, -0.2) is 0 Å². The molecule has 0 aromatic heterocycles. The van der Waals surface area contributed by atoms with Crippen LogP contribution in [0.3, 0.4) is 0 Å². The largest absolute Gasteiger partial charge is 0.489 e. The van der Waals surface area contributed by atoms with Gasteiger partial charge in [-0.3, -0.25) is 10.1 Å². The van der Waals surface area contributed by atoms with E-state index >= 15 is 0 Å². The third kappa shape index (κ3) is 2.66. The zero-order chi connectivity index (χ0) is 10.8. The fraction of sp³-hybridized carbons (Fsp3) is 0.333. The lowest BCUT2D eigenvalue weighted by Gasteiger charge is -2.05. The molecule has 1 heterocycles. The van der Waals surface area contributed by atoms with Crippen molar-refractivity contribution in [3.05, 3.63) is 32.8 Å². The summed E-state index contributed by atoms with van der Waals surface area (Å²) in [6, 6.07) is 4.41. The van der Waals surface area contributed by atoms with Gasteiger partial charge < -0.3 is 9.47 Å². The number of hydrogen-bond donors (Lipinski definition) is 0. The van der Waals surface area contributed by atoms with Crippen LogP contribution < -0.4 is 4.74 Å². The van der Waals surface area contributed by atoms with Crippen molar-refractivity contribution in [1.29, 1.82) is 0 Å². The molecule has 0 aliphatic carbocycles. The smallest absolute Gasteiger partial charge is 0.273 e. The Labute approximate surface area is 94.3 Å². The molecule has 0 saturated carbocycles. The van der Waals surface area contributed by atoms with Gasteiger partial charge in [0.15, 0.2) is 0 Å². The van der Waals surface area contributed by atoms with Crippen LogP contribution in [0.5, 0.6) is 5.75 Å². The Bertz CT molecular complexity index is 392. The molecule has 2 rings (SSSR count). The number of halogens is 1. The summed E-state index contributed by atoms with van der Waals surface area (Å²) in [7, 11) is 0. The van der Waals surface area contributed by atoms with Crippen molar-refractivity contribution < 1.29 is 14.4 Å². The summed E-state index contributed by atoms with van der Waals surface area (Å²) in [5, 5.41) is 10.5. The number of epoxide rings is 1. The molecular formula is C9H8BrNO4. The highest BCUT2D eigenvalue weighted by atomic mass is 79.9. The highest BCUT2D eigenvalue weighted by Crippen LogP contribution is 2.29. The SMILES string of the molecule is O=[N+]([O-])c1ccc(Br)c(OCC2CO2)c1. The number of rotatable bonds is 4. The summed E-state index contributed by atoms with van der Waals surface area (Å²) < 4.78 is 11.1. The molecule has 1 unspecified atom stereocenters. The van der Waals surface area contributed by atoms with Crippen LogP contribution >= 0.6 is 15.9 Å². The lowest BCUT2D eigenvalue weighted by Crippen LogP contribution is -2.04. The van der Waals surface area contributed by atoms with Crippen molar-refractivity contribution in [2.45, 2.75) is 6.10 Å². The van der Waals surface area contributed by atoms with Gasteiger partial charge in [-0.1, -0.05) is 0 Å². The molecule has 0 N–H and O–H groups in total. The van der Waals surface area contributed by atoms with E-state index in [-0.39, 0.29) is 11.8 Å². The number of nitro groups is 1. The van der Waals surface area contributed by atoms with Gasteiger partial charge in [0.25, 0.3) is 5.69 Å². The van der Waals surface area contributed by atoms with E-state index in [0.717, 1.165) is 0 Å². The lowest BCUT2D eigenvalue weighted by molar-refractivity contribution is -0.385. The van der Waals surface area contributed by atoms with Crippen LogP contribution in [-0.2, 0) is 4.74 Å². The van der Waals surface area contributed by atoms with Gasteiger partial charge in [0.05, 0.1) is 22.1 Å². The van der Waals surface area contributed by atoms with Crippen molar-refractivity contribution in [2.75, 3.05) is 13.2 Å². The third-order valence-corrected chi connectivity index (χ3v) is 2.61. The summed E-state index contributed by atoms with van der Waals surface area (Å²) in [4.78, 5) is 10.1. The van der Waals surface area contributed by atoms with Crippen LogP contribution in [0.15, 0.2) is 22.7 Å². The van der Waals surface area contributed by atoms with Gasteiger partial charge in [0.1, 0.15) is 18.5 Å². The van der Waals surface area contributed by atoms with E-state index in [2.05, 4.69) is 15.9 Å². The second kappa shape index (κ2) is 4.16. The van der Waals surface area contributed by atoms with Gasteiger partial charge in [-0.2, -0.15) is 0 Å². The van der Waals surface area contributed by atoms with E-state index in [4.69, 9.17) is 9.47 Å². The maximum absolute atomic E-state index is 10.5. The first-order valence-corrected chi connectivity index (χ1v) is 5.14. The minimum absolute atomic E-state index is 0.0184. The van der Waals surface area contributed by atoms with Crippen LogP contribution in [0.2, 0.25) is 0 Å². The average molecular weight is 274 g/mol. The van der Waals surface area contributed by atoms with E-state index in [1.165, 1.54) is 12.1 Å². The van der Waals surface area contributed by atoms with Gasteiger partial charge in [0.2, 0.25) is 0 Å². The van der Waals surface area contributed by atoms with Crippen LogP contribution in [0.25, 0.3) is 0 Å². The molecule has 1 saturated heterocycles. The standard InChI is InChI=1S/C9H8BrNO4/c10-8-2-1-6(11(12)13)3-9(8)15-5-7-4-14-7/h1-3,7H,4-5H2. The van der Waals surface area contributed by atoms with Crippen molar-refractivity contribution in [3.8, 4) is 5.75 Å². The highest BCUT2D eigenvalue weighted by molar-refractivity contribution is 9.10. The minimum Gasteiger partial charge on any atom is -0.489 e.